The normalized spacial score (nSPS) is 39.7. The Kier molecular flexibility index (Phi) is 12.5. The first kappa shape index (κ1) is 41.3. The molecular formula is C45H76N2O5. The third-order valence-electron chi connectivity index (χ3n) is 16.9. The van der Waals surface area contributed by atoms with E-state index >= 15 is 0 Å². The summed E-state index contributed by atoms with van der Waals surface area (Å²) in [4.78, 5) is 39.0. The second kappa shape index (κ2) is 15.7. The van der Waals surface area contributed by atoms with Crippen LogP contribution in [0.25, 0.3) is 0 Å². The average Bonchev–Trinajstić information content (AvgIpc) is 3.48. The molecule has 0 spiro atoms. The molecule has 5 saturated carbocycles. The van der Waals surface area contributed by atoms with Crippen LogP contribution in [0.1, 0.15) is 165 Å². The van der Waals surface area contributed by atoms with E-state index in [2.05, 4.69) is 58.8 Å². The van der Waals surface area contributed by atoms with E-state index in [4.69, 9.17) is 4.74 Å². The van der Waals surface area contributed by atoms with E-state index in [-0.39, 0.29) is 51.0 Å². The number of hydrogen-bond donors (Lipinski definition) is 3. The summed E-state index contributed by atoms with van der Waals surface area (Å²) in [7, 11) is 1.36. The largest absolute Gasteiger partial charge is 0.467 e. The van der Waals surface area contributed by atoms with Crippen LogP contribution in [0.2, 0.25) is 0 Å². The molecule has 7 heteroatoms. The molecule has 0 saturated heterocycles. The number of rotatable bonds is 14. The maximum absolute atomic E-state index is 14.4. The van der Waals surface area contributed by atoms with Gasteiger partial charge in [-0.1, -0.05) is 79.9 Å². The zero-order valence-corrected chi connectivity index (χ0v) is 34.6. The highest BCUT2D eigenvalue weighted by atomic mass is 16.5. The van der Waals surface area contributed by atoms with Crippen LogP contribution in [0, 0.1) is 62.6 Å². The van der Waals surface area contributed by atoms with Crippen LogP contribution in [0.15, 0.2) is 12.2 Å². The number of amides is 2. The molecule has 0 aromatic rings. The van der Waals surface area contributed by atoms with Crippen LogP contribution >= 0.6 is 0 Å². The molecule has 5 aliphatic rings. The molecule has 0 unspecified atom stereocenters. The summed E-state index contributed by atoms with van der Waals surface area (Å²) in [5.74, 6) is 2.64. The number of nitrogens with one attached hydrogen (secondary N) is 2. The molecule has 5 rings (SSSR count). The Morgan fingerprint density at radius 2 is 1.52 bits per heavy atom. The molecule has 3 N–H and O–H groups in total. The highest BCUT2D eigenvalue weighted by Crippen LogP contribution is 2.77. The van der Waals surface area contributed by atoms with Crippen LogP contribution in [0.3, 0.4) is 0 Å². The van der Waals surface area contributed by atoms with Crippen molar-refractivity contribution < 1.29 is 24.2 Å². The van der Waals surface area contributed by atoms with Gasteiger partial charge in [-0.15, -0.1) is 0 Å². The summed E-state index contributed by atoms with van der Waals surface area (Å²) < 4.78 is 4.87. The second-order valence-corrected chi connectivity index (χ2v) is 20.3. The van der Waals surface area contributed by atoms with Gasteiger partial charge in [0.1, 0.15) is 6.04 Å². The van der Waals surface area contributed by atoms with Gasteiger partial charge in [0.2, 0.25) is 11.8 Å². The lowest BCUT2D eigenvalue weighted by atomic mass is 9.32. The summed E-state index contributed by atoms with van der Waals surface area (Å²) in [6.07, 6.45) is 16.7. The van der Waals surface area contributed by atoms with Crippen LogP contribution in [-0.2, 0) is 19.1 Å². The first-order valence-corrected chi connectivity index (χ1v) is 21.4. The van der Waals surface area contributed by atoms with Gasteiger partial charge >= 0.3 is 5.97 Å². The number of allylic oxidation sites excluding steroid dienone is 1. The van der Waals surface area contributed by atoms with Crippen LogP contribution in [0.4, 0.5) is 0 Å². The summed E-state index contributed by atoms with van der Waals surface area (Å²) in [5, 5.41) is 17.4. The number of methoxy groups -OCH3 is 1. The van der Waals surface area contributed by atoms with E-state index in [1.165, 1.54) is 38.4 Å². The molecule has 7 nitrogen and oxygen atoms in total. The lowest BCUT2D eigenvalue weighted by Gasteiger charge is -2.72. The molecule has 2 amide bonds. The number of hydrogen-bond acceptors (Lipinski definition) is 5. The number of aliphatic hydroxyl groups excluding tert-OH is 1. The predicted molar refractivity (Wildman–Crippen MR) is 209 cm³/mol. The van der Waals surface area contributed by atoms with E-state index in [1.54, 1.807) is 0 Å². The first-order chi connectivity index (χ1) is 24.4. The zero-order valence-electron chi connectivity index (χ0n) is 34.6. The molecule has 52 heavy (non-hydrogen) atoms. The van der Waals surface area contributed by atoms with Crippen molar-refractivity contribution in [3.8, 4) is 0 Å². The van der Waals surface area contributed by atoms with Crippen LogP contribution in [-0.4, -0.2) is 48.7 Å². The lowest BCUT2D eigenvalue weighted by Crippen LogP contribution is -2.67. The molecule has 11 atom stereocenters. The van der Waals surface area contributed by atoms with Crippen molar-refractivity contribution in [2.75, 3.05) is 13.7 Å². The molecular weight excluding hydrogens is 649 g/mol. The number of carbonyl (C=O) groups excluding carboxylic acids is 3. The van der Waals surface area contributed by atoms with Gasteiger partial charge < -0.3 is 20.5 Å². The topological polar surface area (TPSA) is 105 Å². The molecule has 0 heterocycles. The van der Waals surface area contributed by atoms with Gasteiger partial charge in [-0.2, -0.15) is 0 Å². The lowest BCUT2D eigenvalue weighted by molar-refractivity contribution is -0.246. The van der Waals surface area contributed by atoms with E-state index < -0.39 is 6.04 Å². The predicted octanol–water partition coefficient (Wildman–Crippen LogP) is 9.17. The van der Waals surface area contributed by atoms with E-state index in [1.807, 2.05) is 13.8 Å². The number of unbranched alkanes of at least 4 members (excludes halogenated alkanes) is 4. The first-order valence-electron chi connectivity index (χ1n) is 21.4. The van der Waals surface area contributed by atoms with Gasteiger partial charge in [-0.25, -0.2) is 4.79 Å². The second-order valence-electron chi connectivity index (χ2n) is 20.3. The fourth-order valence-corrected chi connectivity index (χ4v) is 13.9. The fraction of sp³-hybridized carbons (Fsp3) is 0.889. The molecule has 5 aliphatic carbocycles. The van der Waals surface area contributed by atoms with Crippen molar-refractivity contribution >= 4 is 17.8 Å². The third kappa shape index (κ3) is 7.16. The van der Waals surface area contributed by atoms with Crippen molar-refractivity contribution in [1.82, 2.24) is 10.6 Å². The van der Waals surface area contributed by atoms with Crippen molar-refractivity contribution in [3.63, 3.8) is 0 Å². The van der Waals surface area contributed by atoms with Gasteiger partial charge in [-0.05, 0) is 148 Å². The van der Waals surface area contributed by atoms with Crippen LogP contribution in [0.5, 0.6) is 0 Å². The Morgan fingerprint density at radius 1 is 0.827 bits per heavy atom. The van der Waals surface area contributed by atoms with Crippen LogP contribution < -0.4 is 10.6 Å². The Balaban J connectivity index is 1.17. The summed E-state index contributed by atoms with van der Waals surface area (Å²) in [5.41, 5.74) is 1.63. The van der Waals surface area contributed by atoms with E-state index in [0.717, 1.165) is 70.6 Å². The summed E-state index contributed by atoms with van der Waals surface area (Å²) in [6, 6.07) is -0.578. The molecule has 296 valence electrons. The molecule has 0 bridgehead atoms. The van der Waals surface area contributed by atoms with Gasteiger partial charge in [0.15, 0.2) is 0 Å². The van der Waals surface area contributed by atoms with Gasteiger partial charge in [0, 0.05) is 13.0 Å². The SMILES string of the molecule is C=C(C)[C@@H]1CC[C@]2(C(=O)NCCCCCCCC(=O)N[C@@H](CC(C)C)C(=O)OC)CC[C@]3(C)[C@H](CC[C@@H]4[C@@]5(C)CC[C@H](O)C(C)(C)[C@@H]5CC[C@]43C)[C@@H]12. The van der Waals surface area contributed by atoms with Crippen molar-refractivity contribution in [2.45, 2.75) is 177 Å². The maximum Gasteiger partial charge on any atom is 0.328 e. The number of ether oxygens (including phenoxy) is 1. The monoisotopic (exact) mass is 725 g/mol. The maximum atomic E-state index is 14.4. The molecule has 5 fully saturated rings. The fourth-order valence-electron chi connectivity index (χ4n) is 13.9. The Labute approximate surface area is 317 Å². The van der Waals surface area contributed by atoms with E-state index in [9.17, 15) is 19.5 Å². The van der Waals surface area contributed by atoms with Crippen molar-refractivity contribution in [1.29, 1.82) is 0 Å². The van der Waals surface area contributed by atoms with Crippen molar-refractivity contribution in [2.24, 2.45) is 62.6 Å². The number of esters is 1. The van der Waals surface area contributed by atoms with Gasteiger partial charge in [0.25, 0.3) is 0 Å². The number of fused-ring (bicyclic) bond motifs is 7. The highest BCUT2D eigenvalue weighted by Gasteiger charge is 2.71. The highest BCUT2D eigenvalue weighted by molar-refractivity contribution is 5.84. The smallest absolute Gasteiger partial charge is 0.328 e. The minimum atomic E-state index is -0.578. The average molecular weight is 725 g/mol. The summed E-state index contributed by atoms with van der Waals surface area (Å²) >= 11 is 0. The third-order valence-corrected chi connectivity index (χ3v) is 16.9. The van der Waals surface area contributed by atoms with E-state index in [0.29, 0.717) is 54.9 Å². The molecule has 0 aromatic heterocycles. The Hall–Kier alpha value is -1.89. The molecule has 0 radical (unpaired) electrons. The Morgan fingerprint density at radius 3 is 2.19 bits per heavy atom. The Bertz CT molecular complexity index is 1330. The zero-order chi connectivity index (χ0) is 38.3. The molecule has 0 aromatic carbocycles. The van der Waals surface area contributed by atoms with Crippen molar-refractivity contribution in [3.05, 3.63) is 12.2 Å². The van der Waals surface area contributed by atoms with Gasteiger partial charge in [-0.3, -0.25) is 9.59 Å². The number of aliphatic hydroxyl groups is 1. The molecule has 0 aliphatic heterocycles. The van der Waals surface area contributed by atoms with Gasteiger partial charge in [0.05, 0.1) is 18.6 Å². The summed E-state index contributed by atoms with van der Waals surface area (Å²) in [6.45, 7) is 24.1. The number of carbonyl (C=O) groups is 3. The minimum absolute atomic E-state index is 0.0389. The minimum Gasteiger partial charge on any atom is -0.467 e. The quantitative estimate of drug-likeness (QED) is 0.0942. The standard InChI is InChI=1S/C45H76N2O5/c1-29(2)28-33(39(50)52-10)47-37(49)16-14-12-11-13-15-27-46-40(51)45-24-19-31(30(3)4)38(45)32-17-18-35-42(7)22-21-36(48)41(5,6)34(42)20-23-44(35,9)43(32,8)25-26-45/h29,31-36,38,48H,3,11-28H2,1-2,4-10H3,(H,46,51)(H,47,49)/t31-,32+,33-,34-,35+,36-,38+,42-,43+,44+,45-/m0/s1.